The van der Waals surface area contributed by atoms with Crippen LogP contribution in [0, 0.1) is 5.92 Å². The summed E-state index contributed by atoms with van der Waals surface area (Å²) in [4.78, 5) is 5.69. The summed E-state index contributed by atoms with van der Waals surface area (Å²) < 4.78 is 42.8. The van der Waals surface area contributed by atoms with Gasteiger partial charge in [0.1, 0.15) is 5.82 Å². The van der Waals surface area contributed by atoms with Gasteiger partial charge in [-0.1, -0.05) is 25.1 Å². The monoisotopic (exact) mass is 513 g/mol. The average Bonchev–Trinajstić information content (AvgIpc) is 3.16. The van der Waals surface area contributed by atoms with Gasteiger partial charge in [-0.15, -0.1) is 0 Å². The Balaban J connectivity index is 1.43. The Labute approximate surface area is 218 Å². The Morgan fingerprint density at radius 3 is 2.46 bits per heavy atom. The van der Waals surface area contributed by atoms with E-state index in [-0.39, 0.29) is 17.0 Å². The molecule has 5 nitrogen and oxygen atoms in total. The van der Waals surface area contributed by atoms with Crippen LogP contribution in [0.25, 0.3) is 0 Å². The lowest BCUT2D eigenvalue weighted by Crippen LogP contribution is -2.40. The Kier molecular flexibility index (Phi) is 7.02. The molecule has 1 aliphatic carbocycles. The number of fused-ring (bicyclic) bond motifs is 1. The molecule has 0 aromatic heterocycles. The van der Waals surface area contributed by atoms with E-state index in [1.165, 1.54) is 18.1 Å². The predicted octanol–water partition coefficient (Wildman–Crippen LogP) is 5.73. The number of anilines is 1. The molecule has 3 heterocycles. The molecular formula is C29H38F3N5. The van der Waals surface area contributed by atoms with E-state index in [1.54, 1.807) is 11.1 Å². The van der Waals surface area contributed by atoms with Crippen LogP contribution in [0.2, 0.25) is 0 Å². The molecule has 5 rings (SSSR count). The number of alkyl halides is 3. The summed E-state index contributed by atoms with van der Waals surface area (Å²) in [5, 5.41) is 1.97. The smallest absolute Gasteiger partial charge is 0.306 e. The first-order valence-electron chi connectivity index (χ1n) is 13.3. The van der Waals surface area contributed by atoms with Gasteiger partial charge in [-0.3, -0.25) is 10.4 Å². The third kappa shape index (κ3) is 5.11. The molecule has 200 valence electrons. The summed E-state index contributed by atoms with van der Waals surface area (Å²) in [5.41, 5.74) is 5.89. The van der Waals surface area contributed by atoms with E-state index in [4.69, 9.17) is 0 Å². The molecule has 0 bridgehead atoms. The van der Waals surface area contributed by atoms with Gasteiger partial charge < -0.3 is 14.7 Å². The first kappa shape index (κ1) is 26.1. The van der Waals surface area contributed by atoms with Gasteiger partial charge in [-0.2, -0.15) is 13.2 Å². The highest BCUT2D eigenvalue weighted by molar-refractivity contribution is 5.64. The minimum atomic E-state index is -4.44. The third-order valence-corrected chi connectivity index (χ3v) is 8.51. The van der Waals surface area contributed by atoms with Gasteiger partial charge in [-0.25, -0.2) is 0 Å². The van der Waals surface area contributed by atoms with Gasteiger partial charge in [-0.05, 0) is 92.9 Å². The summed E-state index contributed by atoms with van der Waals surface area (Å²) in [5.74, 6) is 0.652. The zero-order valence-electron chi connectivity index (χ0n) is 22.1. The number of hydrogen-bond donors (Lipinski definition) is 1. The van der Waals surface area contributed by atoms with Crippen molar-refractivity contribution < 1.29 is 13.2 Å². The van der Waals surface area contributed by atoms with E-state index < -0.39 is 11.7 Å². The van der Waals surface area contributed by atoms with E-state index in [9.17, 15) is 13.2 Å². The second kappa shape index (κ2) is 9.97. The van der Waals surface area contributed by atoms with Crippen molar-refractivity contribution in [2.24, 2.45) is 5.92 Å². The van der Waals surface area contributed by atoms with Gasteiger partial charge >= 0.3 is 6.18 Å². The van der Waals surface area contributed by atoms with Crippen LogP contribution in [0.3, 0.4) is 0 Å². The number of allylic oxidation sites excluding steroid dienone is 3. The van der Waals surface area contributed by atoms with E-state index in [2.05, 4.69) is 36.1 Å². The Morgan fingerprint density at radius 1 is 1.11 bits per heavy atom. The molecule has 1 saturated heterocycles. The molecule has 1 aromatic rings. The summed E-state index contributed by atoms with van der Waals surface area (Å²) in [6.45, 7) is 6.91. The maximum absolute atomic E-state index is 14.3. The number of rotatable bonds is 7. The molecule has 8 heteroatoms. The number of hydrogen-bond acceptors (Lipinski definition) is 5. The number of nitrogens with one attached hydrogen (secondary N) is 1. The Bertz CT molecular complexity index is 1120. The van der Waals surface area contributed by atoms with Gasteiger partial charge in [0.05, 0.1) is 11.3 Å². The fraction of sp³-hybridized carbons (Fsp3) is 0.517. The number of hydrazine groups is 1. The van der Waals surface area contributed by atoms with E-state index in [0.29, 0.717) is 5.82 Å². The van der Waals surface area contributed by atoms with Crippen LogP contribution < -0.4 is 10.3 Å². The van der Waals surface area contributed by atoms with Gasteiger partial charge in [0.25, 0.3) is 0 Å². The number of benzene rings is 1. The Morgan fingerprint density at radius 2 is 1.84 bits per heavy atom. The standard InChI is InChI=1S/C29H38F3N5/c1-21-36(25-8-5-7-24(18-25)28(11-6-12-28)13-14-33-34(2)3)20-27-26(29(30,31)32)17-23(19-37(21)27)22-9-15-35(4)16-10-22/h5,7-8,17-20,22,33H,1,6,9-16H2,2-4H3. The van der Waals surface area contributed by atoms with Crippen LogP contribution in [0.15, 0.2) is 72.0 Å². The van der Waals surface area contributed by atoms with E-state index in [1.807, 2.05) is 42.3 Å². The van der Waals surface area contributed by atoms with Crippen LogP contribution >= 0.6 is 0 Å². The number of piperidine rings is 1. The summed E-state index contributed by atoms with van der Waals surface area (Å²) in [6.07, 6.45) is 6.60. The first-order valence-corrected chi connectivity index (χ1v) is 13.3. The maximum atomic E-state index is 14.3. The van der Waals surface area contributed by atoms with E-state index in [0.717, 1.165) is 63.0 Å². The molecule has 3 aliphatic heterocycles. The SMILES string of the molecule is C=C1N2C=C(C3CCN(C)CC3)C=C(C(F)(F)F)C2=CN1c1cccc(C2(CCNN(C)C)CCC2)c1. The molecule has 1 N–H and O–H groups in total. The van der Waals surface area contributed by atoms with Gasteiger partial charge in [0, 0.05) is 38.7 Å². The summed E-state index contributed by atoms with van der Waals surface area (Å²) in [7, 11) is 6.04. The largest absolute Gasteiger partial charge is 0.418 e. The lowest BCUT2D eigenvalue weighted by Gasteiger charge is -2.43. The van der Waals surface area contributed by atoms with Crippen molar-refractivity contribution in [3.8, 4) is 0 Å². The van der Waals surface area contributed by atoms with Crippen molar-refractivity contribution in [3.05, 3.63) is 77.5 Å². The van der Waals surface area contributed by atoms with Crippen molar-refractivity contribution in [3.63, 3.8) is 0 Å². The van der Waals surface area contributed by atoms with Crippen LogP contribution in [-0.4, -0.2) is 61.8 Å². The molecule has 1 saturated carbocycles. The molecule has 1 aromatic carbocycles. The van der Waals surface area contributed by atoms with Crippen molar-refractivity contribution in [1.82, 2.24) is 20.2 Å². The fourth-order valence-corrected chi connectivity index (χ4v) is 6.09. The second-order valence-electron chi connectivity index (χ2n) is 11.2. The van der Waals surface area contributed by atoms with Crippen molar-refractivity contribution in [1.29, 1.82) is 0 Å². The highest BCUT2D eigenvalue weighted by Crippen LogP contribution is 2.49. The third-order valence-electron chi connectivity index (χ3n) is 8.51. The topological polar surface area (TPSA) is 25.0 Å². The lowest BCUT2D eigenvalue weighted by atomic mass is 9.62. The molecule has 0 unspecified atom stereocenters. The van der Waals surface area contributed by atoms with Crippen molar-refractivity contribution in [2.45, 2.75) is 50.1 Å². The fourth-order valence-electron chi connectivity index (χ4n) is 6.09. The number of likely N-dealkylation sites (tertiary alicyclic amines) is 1. The number of halogens is 3. The first-order chi connectivity index (χ1) is 17.6. The Hall–Kier alpha value is -2.55. The van der Waals surface area contributed by atoms with Crippen molar-refractivity contribution in [2.75, 3.05) is 45.7 Å². The van der Waals surface area contributed by atoms with Gasteiger partial charge in [0.15, 0.2) is 0 Å². The van der Waals surface area contributed by atoms with Crippen molar-refractivity contribution >= 4 is 5.69 Å². The number of nitrogens with zero attached hydrogens (tertiary/aromatic N) is 4. The molecule has 2 fully saturated rings. The normalized spacial score (nSPS) is 22.6. The lowest BCUT2D eigenvalue weighted by molar-refractivity contribution is -0.0909. The second-order valence-corrected chi connectivity index (χ2v) is 11.2. The highest BCUT2D eigenvalue weighted by atomic mass is 19.4. The maximum Gasteiger partial charge on any atom is 0.418 e. The molecular weight excluding hydrogens is 475 g/mol. The quantitative estimate of drug-likeness (QED) is 0.470. The minimum absolute atomic E-state index is 0.110. The molecule has 0 atom stereocenters. The molecule has 37 heavy (non-hydrogen) atoms. The van der Waals surface area contributed by atoms with E-state index >= 15 is 0 Å². The molecule has 0 amide bonds. The van der Waals surface area contributed by atoms with Gasteiger partial charge in [0.2, 0.25) is 0 Å². The molecule has 4 aliphatic rings. The van der Waals surface area contributed by atoms with Crippen LogP contribution in [0.1, 0.15) is 44.1 Å². The highest BCUT2D eigenvalue weighted by Gasteiger charge is 2.44. The molecule has 0 radical (unpaired) electrons. The zero-order valence-corrected chi connectivity index (χ0v) is 22.1. The average molecular weight is 514 g/mol. The van der Waals surface area contributed by atoms with Crippen LogP contribution in [0.5, 0.6) is 0 Å². The van der Waals surface area contributed by atoms with Crippen LogP contribution in [0.4, 0.5) is 18.9 Å². The minimum Gasteiger partial charge on any atom is -0.306 e. The zero-order chi connectivity index (χ0) is 26.4. The summed E-state index contributed by atoms with van der Waals surface area (Å²) in [6, 6.07) is 8.30. The van der Waals surface area contributed by atoms with Crippen LogP contribution in [-0.2, 0) is 5.41 Å². The summed E-state index contributed by atoms with van der Waals surface area (Å²) >= 11 is 0. The molecule has 0 spiro atoms. The predicted molar refractivity (Wildman–Crippen MR) is 142 cm³/mol.